The van der Waals surface area contributed by atoms with Crippen LogP contribution in [0.15, 0.2) is 10.6 Å². The molecular formula is C16H28N4O2. The highest BCUT2D eigenvalue weighted by Gasteiger charge is 2.29. The third-order valence-electron chi connectivity index (χ3n) is 4.41. The Morgan fingerprint density at radius 2 is 2.05 bits per heavy atom. The van der Waals surface area contributed by atoms with Gasteiger partial charge in [-0.1, -0.05) is 12.1 Å². The number of aryl methyl sites for hydroxylation is 1. The molecule has 0 radical (unpaired) electrons. The summed E-state index contributed by atoms with van der Waals surface area (Å²) in [7, 11) is 0. The van der Waals surface area contributed by atoms with E-state index in [1.165, 1.54) is 0 Å². The molecule has 2 rings (SSSR count). The van der Waals surface area contributed by atoms with Gasteiger partial charge < -0.3 is 14.7 Å². The van der Waals surface area contributed by atoms with Gasteiger partial charge in [0, 0.05) is 44.3 Å². The third-order valence-corrected chi connectivity index (χ3v) is 4.41. The second-order valence-corrected chi connectivity index (χ2v) is 6.62. The van der Waals surface area contributed by atoms with Crippen molar-refractivity contribution >= 4 is 5.91 Å². The molecule has 1 aromatic heterocycles. The van der Waals surface area contributed by atoms with Gasteiger partial charge in [0.15, 0.2) is 0 Å². The standard InChI is InChI=1S/C16H28N4O2/c1-5-19-6-8-20(9-7-19)16(3,4)12-17-15(21)11-14-10-13(2)22-18-14/h10H,5-9,11-12H2,1-4H3,(H,17,21). The van der Waals surface area contributed by atoms with E-state index in [0.717, 1.165) is 38.5 Å². The number of carbonyl (C=O) groups is 1. The van der Waals surface area contributed by atoms with E-state index in [2.05, 4.69) is 41.0 Å². The first-order chi connectivity index (χ1) is 10.4. The van der Waals surface area contributed by atoms with Crippen LogP contribution < -0.4 is 5.32 Å². The van der Waals surface area contributed by atoms with Gasteiger partial charge in [0.1, 0.15) is 5.76 Å². The van der Waals surface area contributed by atoms with Crippen molar-refractivity contribution in [3.05, 3.63) is 17.5 Å². The Hall–Kier alpha value is -1.40. The van der Waals surface area contributed by atoms with Crippen LogP contribution in [-0.4, -0.2) is 65.7 Å². The number of amides is 1. The lowest BCUT2D eigenvalue weighted by Gasteiger charge is -2.44. The molecule has 124 valence electrons. The Kier molecular flexibility index (Phi) is 5.58. The summed E-state index contributed by atoms with van der Waals surface area (Å²) in [4.78, 5) is 16.9. The zero-order chi connectivity index (χ0) is 16.2. The van der Waals surface area contributed by atoms with E-state index in [0.29, 0.717) is 12.2 Å². The molecule has 1 N–H and O–H groups in total. The van der Waals surface area contributed by atoms with E-state index in [4.69, 9.17) is 4.52 Å². The lowest BCUT2D eigenvalue weighted by atomic mass is 10.0. The Labute approximate surface area is 132 Å². The van der Waals surface area contributed by atoms with Gasteiger partial charge in [0.05, 0.1) is 12.1 Å². The lowest BCUT2D eigenvalue weighted by molar-refractivity contribution is -0.121. The first-order valence-electron chi connectivity index (χ1n) is 8.07. The smallest absolute Gasteiger partial charge is 0.226 e. The first-order valence-corrected chi connectivity index (χ1v) is 8.07. The van der Waals surface area contributed by atoms with Gasteiger partial charge in [-0.15, -0.1) is 0 Å². The average molecular weight is 308 g/mol. The minimum Gasteiger partial charge on any atom is -0.361 e. The molecule has 1 amide bonds. The molecule has 0 unspecified atom stereocenters. The lowest BCUT2D eigenvalue weighted by Crippen LogP contribution is -2.58. The van der Waals surface area contributed by atoms with Crippen LogP contribution in [0.1, 0.15) is 32.2 Å². The number of nitrogens with one attached hydrogen (secondary N) is 1. The molecule has 0 atom stereocenters. The van der Waals surface area contributed by atoms with Crippen molar-refractivity contribution in [1.82, 2.24) is 20.3 Å². The average Bonchev–Trinajstić information content (AvgIpc) is 2.90. The quantitative estimate of drug-likeness (QED) is 0.851. The summed E-state index contributed by atoms with van der Waals surface area (Å²) in [5, 5.41) is 6.88. The Morgan fingerprint density at radius 1 is 1.36 bits per heavy atom. The van der Waals surface area contributed by atoms with Gasteiger partial charge in [-0.25, -0.2) is 0 Å². The van der Waals surface area contributed by atoms with E-state index in [1.807, 2.05) is 6.92 Å². The van der Waals surface area contributed by atoms with Gasteiger partial charge in [0.25, 0.3) is 0 Å². The minimum atomic E-state index is -0.0325. The summed E-state index contributed by atoms with van der Waals surface area (Å²) < 4.78 is 4.98. The number of hydrogen-bond acceptors (Lipinski definition) is 5. The molecule has 1 aliphatic rings. The van der Waals surface area contributed by atoms with E-state index >= 15 is 0 Å². The summed E-state index contributed by atoms with van der Waals surface area (Å²) in [6.45, 7) is 14.5. The Balaban J connectivity index is 1.78. The maximum atomic E-state index is 12.0. The molecule has 0 spiro atoms. The predicted molar refractivity (Wildman–Crippen MR) is 85.7 cm³/mol. The van der Waals surface area contributed by atoms with E-state index in [-0.39, 0.29) is 17.9 Å². The zero-order valence-corrected chi connectivity index (χ0v) is 14.2. The predicted octanol–water partition coefficient (Wildman–Crippen LogP) is 1.06. The second-order valence-electron chi connectivity index (χ2n) is 6.62. The number of rotatable bonds is 6. The number of piperazine rings is 1. The van der Waals surface area contributed by atoms with Gasteiger partial charge in [-0.2, -0.15) is 0 Å². The topological polar surface area (TPSA) is 61.6 Å². The molecule has 22 heavy (non-hydrogen) atoms. The van der Waals surface area contributed by atoms with Gasteiger partial charge in [-0.05, 0) is 27.3 Å². The number of likely N-dealkylation sites (N-methyl/N-ethyl adjacent to an activating group) is 1. The number of carbonyl (C=O) groups excluding carboxylic acids is 1. The summed E-state index contributed by atoms with van der Waals surface area (Å²) in [6, 6.07) is 1.80. The number of hydrogen-bond donors (Lipinski definition) is 1. The zero-order valence-electron chi connectivity index (χ0n) is 14.2. The van der Waals surface area contributed by atoms with Crippen LogP contribution >= 0.6 is 0 Å². The fourth-order valence-corrected chi connectivity index (χ4v) is 2.82. The molecule has 1 fully saturated rings. The van der Waals surface area contributed by atoms with Crippen molar-refractivity contribution in [3.8, 4) is 0 Å². The van der Waals surface area contributed by atoms with Crippen LogP contribution in [0, 0.1) is 6.92 Å². The summed E-state index contributed by atoms with van der Waals surface area (Å²) >= 11 is 0. The van der Waals surface area contributed by atoms with Crippen LogP contribution in [0.2, 0.25) is 0 Å². The summed E-state index contributed by atoms with van der Waals surface area (Å²) in [5.74, 6) is 0.727. The van der Waals surface area contributed by atoms with Crippen molar-refractivity contribution < 1.29 is 9.32 Å². The molecule has 1 aliphatic heterocycles. The van der Waals surface area contributed by atoms with Gasteiger partial charge in [0.2, 0.25) is 5.91 Å². The summed E-state index contributed by atoms with van der Waals surface area (Å²) in [5.41, 5.74) is 0.652. The van der Waals surface area contributed by atoms with Crippen molar-refractivity contribution in [2.24, 2.45) is 0 Å². The van der Waals surface area contributed by atoms with Gasteiger partial charge in [-0.3, -0.25) is 9.69 Å². The molecule has 0 bridgehead atoms. The molecule has 1 saturated heterocycles. The van der Waals surface area contributed by atoms with Crippen molar-refractivity contribution in [3.63, 3.8) is 0 Å². The van der Waals surface area contributed by atoms with Crippen molar-refractivity contribution in [1.29, 1.82) is 0 Å². The molecule has 2 heterocycles. The highest BCUT2D eigenvalue weighted by atomic mass is 16.5. The molecule has 1 aromatic rings. The minimum absolute atomic E-state index is 0.00595. The first kappa shape index (κ1) is 17.0. The fourth-order valence-electron chi connectivity index (χ4n) is 2.82. The number of aromatic nitrogens is 1. The van der Waals surface area contributed by atoms with Crippen molar-refractivity contribution in [2.75, 3.05) is 39.3 Å². The Morgan fingerprint density at radius 3 is 2.59 bits per heavy atom. The molecule has 0 saturated carbocycles. The van der Waals surface area contributed by atoms with E-state index in [1.54, 1.807) is 6.07 Å². The van der Waals surface area contributed by atoms with Crippen LogP contribution in [0.3, 0.4) is 0 Å². The van der Waals surface area contributed by atoms with Crippen LogP contribution in [0.5, 0.6) is 0 Å². The molecule has 0 aliphatic carbocycles. The SMILES string of the molecule is CCN1CCN(C(C)(C)CNC(=O)Cc2cc(C)on2)CC1. The fraction of sp³-hybridized carbons (Fsp3) is 0.750. The highest BCUT2D eigenvalue weighted by Crippen LogP contribution is 2.16. The maximum Gasteiger partial charge on any atom is 0.226 e. The number of nitrogens with zero attached hydrogens (tertiary/aromatic N) is 3. The molecule has 0 aromatic carbocycles. The molecular weight excluding hydrogens is 280 g/mol. The monoisotopic (exact) mass is 308 g/mol. The Bertz CT molecular complexity index is 490. The third kappa shape index (κ3) is 4.55. The van der Waals surface area contributed by atoms with Crippen LogP contribution in [0.25, 0.3) is 0 Å². The normalized spacial score (nSPS) is 17.6. The maximum absolute atomic E-state index is 12.0. The van der Waals surface area contributed by atoms with Crippen LogP contribution in [-0.2, 0) is 11.2 Å². The molecule has 6 nitrogen and oxygen atoms in total. The highest BCUT2D eigenvalue weighted by molar-refractivity contribution is 5.78. The van der Waals surface area contributed by atoms with E-state index in [9.17, 15) is 4.79 Å². The van der Waals surface area contributed by atoms with Gasteiger partial charge >= 0.3 is 0 Å². The molecule has 6 heteroatoms. The van der Waals surface area contributed by atoms with Crippen LogP contribution in [0.4, 0.5) is 0 Å². The van der Waals surface area contributed by atoms with E-state index < -0.39 is 0 Å². The summed E-state index contributed by atoms with van der Waals surface area (Å²) in [6.07, 6.45) is 0.275. The van der Waals surface area contributed by atoms with Crippen molar-refractivity contribution in [2.45, 2.75) is 39.7 Å². The largest absolute Gasteiger partial charge is 0.361 e. The second kappa shape index (κ2) is 7.24.